The summed E-state index contributed by atoms with van der Waals surface area (Å²) in [4.78, 5) is 14.1. The van der Waals surface area contributed by atoms with Gasteiger partial charge in [0.2, 0.25) is 0 Å². The Hall–Kier alpha value is -1.03. The lowest BCUT2D eigenvalue weighted by Gasteiger charge is -2.34. The average molecular weight is 311 g/mol. The van der Waals surface area contributed by atoms with Crippen LogP contribution in [-0.4, -0.2) is 24.0 Å². The Labute approximate surface area is 117 Å². The van der Waals surface area contributed by atoms with E-state index in [1.165, 1.54) is 6.42 Å². The predicted octanol–water partition coefficient (Wildman–Crippen LogP) is 3.96. The second-order valence-electron chi connectivity index (χ2n) is 5.29. The maximum absolute atomic E-state index is 12.2. The van der Waals surface area contributed by atoms with Crippen molar-refractivity contribution in [2.24, 2.45) is 11.8 Å². The molecule has 2 atom stereocenters. The van der Waals surface area contributed by atoms with Crippen LogP contribution in [0.4, 0.5) is 10.5 Å². The van der Waals surface area contributed by atoms with Crippen molar-refractivity contribution >= 4 is 27.6 Å². The largest absolute Gasteiger partial charge is 0.324 e. The lowest BCUT2D eigenvalue weighted by Crippen LogP contribution is -2.44. The molecule has 0 unspecified atom stereocenters. The highest BCUT2D eigenvalue weighted by atomic mass is 79.9. The second kappa shape index (κ2) is 5.74. The number of piperidine rings is 1. The third-order valence-electron chi connectivity index (χ3n) is 3.23. The molecular formula is C14H19BrN2O. The molecule has 0 aliphatic carbocycles. The van der Waals surface area contributed by atoms with Crippen LogP contribution in [0.1, 0.15) is 20.3 Å². The molecule has 1 aliphatic rings. The Bertz CT molecular complexity index is 426. The zero-order valence-corrected chi connectivity index (χ0v) is 12.4. The third-order valence-corrected chi connectivity index (χ3v) is 3.73. The van der Waals surface area contributed by atoms with Crippen LogP contribution in [0.5, 0.6) is 0 Å². The molecule has 1 aromatic carbocycles. The van der Waals surface area contributed by atoms with Crippen LogP contribution in [0.2, 0.25) is 0 Å². The molecule has 0 radical (unpaired) electrons. The third kappa shape index (κ3) is 3.48. The summed E-state index contributed by atoms with van der Waals surface area (Å²) in [6.07, 6.45) is 1.21. The zero-order valence-electron chi connectivity index (χ0n) is 10.8. The van der Waals surface area contributed by atoms with Crippen molar-refractivity contribution in [1.29, 1.82) is 0 Å². The van der Waals surface area contributed by atoms with Gasteiger partial charge in [0.05, 0.1) is 0 Å². The standard InChI is InChI=1S/C14H19BrN2O/c1-10-6-11(2)9-17(8-10)14(18)16-13-5-3-4-12(15)7-13/h3-5,7,10-11H,6,8-9H2,1-2H3,(H,16,18)/t10-,11+. The van der Waals surface area contributed by atoms with Crippen LogP contribution >= 0.6 is 15.9 Å². The number of rotatable bonds is 1. The molecule has 1 heterocycles. The Morgan fingerprint density at radius 1 is 1.33 bits per heavy atom. The number of carbonyl (C=O) groups is 1. The van der Waals surface area contributed by atoms with E-state index in [1.807, 2.05) is 29.2 Å². The van der Waals surface area contributed by atoms with E-state index in [-0.39, 0.29) is 6.03 Å². The molecule has 0 saturated carbocycles. The van der Waals surface area contributed by atoms with Gasteiger partial charge in [0, 0.05) is 23.2 Å². The van der Waals surface area contributed by atoms with Crippen molar-refractivity contribution in [1.82, 2.24) is 4.90 Å². The Kier molecular flexibility index (Phi) is 4.27. The number of urea groups is 1. The van der Waals surface area contributed by atoms with E-state index in [1.54, 1.807) is 0 Å². The molecule has 0 spiro atoms. The van der Waals surface area contributed by atoms with Crippen molar-refractivity contribution in [3.8, 4) is 0 Å². The number of carbonyl (C=O) groups excluding carboxylic acids is 1. The number of nitrogens with one attached hydrogen (secondary N) is 1. The molecule has 1 aliphatic heterocycles. The lowest BCUT2D eigenvalue weighted by atomic mass is 9.92. The molecule has 0 bridgehead atoms. The summed E-state index contributed by atoms with van der Waals surface area (Å²) in [6.45, 7) is 6.11. The minimum Gasteiger partial charge on any atom is -0.324 e. The fraction of sp³-hybridized carbons (Fsp3) is 0.500. The molecule has 1 aromatic rings. The minimum atomic E-state index is 0.00602. The first-order chi connectivity index (χ1) is 8.54. The van der Waals surface area contributed by atoms with Crippen LogP contribution in [-0.2, 0) is 0 Å². The Morgan fingerprint density at radius 2 is 2.00 bits per heavy atom. The fourth-order valence-electron chi connectivity index (χ4n) is 2.60. The van der Waals surface area contributed by atoms with Crippen LogP contribution in [0, 0.1) is 11.8 Å². The molecule has 1 N–H and O–H groups in total. The van der Waals surface area contributed by atoms with Crippen molar-refractivity contribution in [2.75, 3.05) is 18.4 Å². The predicted molar refractivity (Wildman–Crippen MR) is 77.7 cm³/mol. The highest BCUT2D eigenvalue weighted by Gasteiger charge is 2.25. The second-order valence-corrected chi connectivity index (χ2v) is 6.21. The maximum Gasteiger partial charge on any atom is 0.321 e. The molecule has 1 saturated heterocycles. The summed E-state index contributed by atoms with van der Waals surface area (Å²) in [7, 11) is 0. The van der Waals surface area contributed by atoms with Crippen molar-refractivity contribution < 1.29 is 4.79 Å². The molecule has 4 heteroatoms. The van der Waals surface area contributed by atoms with E-state index in [0.29, 0.717) is 11.8 Å². The summed E-state index contributed by atoms with van der Waals surface area (Å²) in [5, 5.41) is 2.95. The summed E-state index contributed by atoms with van der Waals surface area (Å²) in [5.74, 6) is 1.17. The molecule has 98 valence electrons. The Morgan fingerprint density at radius 3 is 2.61 bits per heavy atom. The first-order valence-electron chi connectivity index (χ1n) is 6.36. The number of benzene rings is 1. The van der Waals surface area contributed by atoms with Crippen molar-refractivity contribution in [3.05, 3.63) is 28.7 Å². The minimum absolute atomic E-state index is 0.00602. The highest BCUT2D eigenvalue weighted by molar-refractivity contribution is 9.10. The first kappa shape index (κ1) is 13.4. The quantitative estimate of drug-likeness (QED) is 0.836. The summed E-state index contributed by atoms with van der Waals surface area (Å²) >= 11 is 3.40. The number of nitrogens with zero attached hydrogens (tertiary/aromatic N) is 1. The van der Waals surface area contributed by atoms with Crippen molar-refractivity contribution in [3.63, 3.8) is 0 Å². The monoisotopic (exact) mass is 310 g/mol. The van der Waals surface area contributed by atoms with Gasteiger partial charge in [-0.15, -0.1) is 0 Å². The molecular weight excluding hydrogens is 292 g/mol. The molecule has 3 nitrogen and oxygen atoms in total. The summed E-state index contributed by atoms with van der Waals surface area (Å²) < 4.78 is 0.973. The summed E-state index contributed by atoms with van der Waals surface area (Å²) in [6, 6.07) is 7.68. The van der Waals surface area contributed by atoms with Gasteiger partial charge in [0.1, 0.15) is 0 Å². The first-order valence-corrected chi connectivity index (χ1v) is 7.15. The number of amides is 2. The number of likely N-dealkylation sites (tertiary alicyclic amines) is 1. The van der Waals surface area contributed by atoms with E-state index >= 15 is 0 Å². The van der Waals surface area contributed by atoms with Crippen LogP contribution in [0.25, 0.3) is 0 Å². The van der Waals surface area contributed by atoms with Gasteiger partial charge in [-0.2, -0.15) is 0 Å². The van der Waals surface area contributed by atoms with Gasteiger partial charge in [0.15, 0.2) is 0 Å². The zero-order chi connectivity index (χ0) is 13.1. The van der Waals surface area contributed by atoms with E-state index in [2.05, 4.69) is 35.1 Å². The average Bonchev–Trinajstić information content (AvgIpc) is 2.27. The Balaban J connectivity index is 1.99. The van der Waals surface area contributed by atoms with Crippen LogP contribution in [0.3, 0.4) is 0 Å². The number of hydrogen-bond donors (Lipinski definition) is 1. The van der Waals surface area contributed by atoms with Gasteiger partial charge in [-0.25, -0.2) is 4.79 Å². The molecule has 0 aromatic heterocycles. The number of anilines is 1. The normalized spacial score (nSPS) is 23.8. The van der Waals surface area contributed by atoms with E-state index in [0.717, 1.165) is 23.2 Å². The van der Waals surface area contributed by atoms with Gasteiger partial charge < -0.3 is 10.2 Å². The SMILES string of the molecule is C[C@@H]1C[C@H](C)CN(C(=O)Nc2cccc(Br)c2)C1. The molecule has 2 amide bonds. The highest BCUT2D eigenvalue weighted by Crippen LogP contribution is 2.22. The van der Waals surface area contributed by atoms with Gasteiger partial charge in [-0.05, 0) is 36.5 Å². The van der Waals surface area contributed by atoms with Crippen LogP contribution < -0.4 is 5.32 Å². The maximum atomic E-state index is 12.2. The topological polar surface area (TPSA) is 32.3 Å². The smallest absolute Gasteiger partial charge is 0.321 e. The van der Waals surface area contributed by atoms with Gasteiger partial charge in [-0.1, -0.05) is 35.8 Å². The fourth-order valence-corrected chi connectivity index (χ4v) is 3.00. The van der Waals surface area contributed by atoms with E-state index in [4.69, 9.17) is 0 Å². The van der Waals surface area contributed by atoms with Gasteiger partial charge in [-0.3, -0.25) is 0 Å². The number of hydrogen-bond acceptors (Lipinski definition) is 1. The van der Waals surface area contributed by atoms with Crippen molar-refractivity contribution in [2.45, 2.75) is 20.3 Å². The number of halogens is 1. The molecule has 2 rings (SSSR count). The van der Waals surface area contributed by atoms with Crippen LogP contribution in [0.15, 0.2) is 28.7 Å². The van der Waals surface area contributed by atoms with E-state index < -0.39 is 0 Å². The summed E-state index contributed by atoms with van der Waals surface area (Å²) in [5.41, 5.74) is 0.834. The molecule has 1 fully saturated rings. The lowest BCUT2D eigenvalue weighted by molar-refractivity contribution is 0.156. The van der Waals surface area contributed by atoms with E-state index in [9.17, 15) is 4.79 Å². The molecule has 18 heavy (non-hydrogen) atoms. The van der Waals surface area contributed by atoms with Gasteiger partial charge in [0.25, 0.3) is 0 Å². The van der Waals surface area contributed by atoms with Gasteiger partial charge >= 0.3 is 6.03 Å².